The lowest BCUT2D eigenvalue weighted by molar-refractivity contribution is 0.00396. The summed E-state index contributed by atoms with van der Waals surface area (Å²) >= 11 is 0. The third-order valence-electron chi connectivity index (χ3n) is 3.98. The molecule has 1 saturated heterocycles. The fourth-order valence-electron chi connectivity index (χ4n) is 2.64. The van der Waals surface area contributed by atoms with Crippen LogP contribution < -0.4 is 0 Å². The summed E-state index contributed by atoms with van der Waals surface area (Å²) in [6.07, 6.45) is 7.50. The fraction of sp³-hybridized carbons (Fsp3) is 0.929. The zero-order chi connectivity index (χ0) is 12.6. The molecule has 0 bridgehead atoms. The summed E-state index contributed by atoms with van der Waals surface area (Å²) in [5, 5.41) is 0. The van der Waals surface area contributed by atoms with Crippen LogP contribution in [0.15, 0.2) is 9.98 Å². The number of ether oxygens (including phenoxy) is 1. The van der Waals surface area contributed by atoms with Crippen molar-refractivity contribution >= 4 is 6.01 Å². The summed E-state index contributed by atoms with van der Waals surface area (Å²) in [4.78, 5) is 11.1. The van der Waals surface area contributed by atoms with E-state index >= 15 is 0 Å². The molecule has 1 aliphatic heterocycles. The van der Waals surface area contributed by atoms with E-state index in [9.17, 15) is 0 Å². The first-order valence-corrected chi connectivity index (χ1v) is 7.25. The van der Waals surface area contributed by atoms with Gasteiger partial charge in [-0.15, -0.1) is 0 Å². The van der Waals surface area contributed by atoms with E-state index < -0.39 is 0 Å². The third kappa shape index (κ3) is 4.52. The van der Waals surface area contributed by atoms with Crippen molar-refractivity contribution in [2.24, 2.45) is 9.98 Å². The van der Waals surface area contributed by atoms with Gasteiger partial charge < -0.3 is 4.74 Å². The molecule has 18 heavy (non-hydrogen) atoms. The number of morpholine rings is 1. The zero-order valence-electron chi connectivity index (χ0n) is 11.5. The van der Waals surface area contributed by atoms with Gasteiger partial charge in [0.2, 0.25) is 0 Å². The molecule has 0 N–H and O–H groups in total. The number of hydrogen-bond donors (Lipinski definition) is 0. The second-order valence-electron chi connectivity index (χ2n) is 5.40. The van der Waals surface area contributed by atoms with Crippen LogP contribution in [0.4, 0.5) is 0 Å². The predicted octanol–water partition coefficient (Wildman–Crippen LogP) is 2.21. The van der Waals surface area contributed by atoms with Crippen LogP contribution in [0, 0.1) is 0 Å². The average molecular weight is 251 g/mol. The Labute approximate surface area is 110 Å². The zero-order valence-corrected chi connectivity index (χ0v) is 11.5. The minimum absolute atomic E-state index is 0.489. The molecule has 2 rings (SSSR count). The first-order chi connectivity index (χ1) is 8.86. The summed E-state index contributed by atoms with van der Waals surface area (Å²) < 4.78 is 5.48. The van der Waals surface area contributed by atoms with Gasteiger partial charge in [-0.3, -0.25) is 4.90 Å². The van der Waals surface area contributed by atoms with Crippen LogP contribution in [0.5, 0.6) is 0 Å². The molecule has 0 radical (unpaired) electrons. The van der Waals surface area contributed by atoms with Gasteiger partial charge in [-0.25, -0.2) is 9.98 Å². The van der Waals surface area contributed by atoms with Crippen molar-refractivity contribution in [3.63, 3.8) is 0 Å². The smallest absolute Gasteiger partial charge is 0.0895 e. The molecule has 0 spiro atoms. The molecule has 102 valence electrons. The van der Waals surface area contributed by atoms with E-state index in [1.807, 2.05) is 0 Å². The highest BCUT2D eigenvalue weighted by atomic mass is 16.5. The highest BCUT2D eigenvalue weighted by Crippen LogP contribution is 2.19. The van der Waals surface area contributed by atoms with Crippen LogP contribution in [-0.2, 0) is 4.74 Å². The minimum Gasteiger partial charge on any atom is -0.378 e. The van der Waals surface area contributed by atoms with E-state index in [4.69, 9.17) is 4.74 Å². The third-order valence-corrected chi connectivity index (χ3v) is 3.98. The van der Waals surface area contributed by atoms with Gasteiger partial charge in [0.25, 0.3) is 0 Å². The molecule has 1 saturated carbocycles. The molecule has 4 heteroatoms. The van der Waals surface area contributed by atoms with Crippen LogP contribution in [0.25, 0.3) is 0 Å². The second kappa shape index (κ2) is 7.67. The van der Waals surface area contributed by atoms with Gasteiger partial charge in [0, 0.05) is 12.6 Å². The number of aliphatic imine (C=N–C) groups is 2. The second-order valence-corrected chi connectivity index (χ2v) is 5.40. The average Bonchev–Trinajstić information content (AvgIpc) is 2.42. The molecular weight excluding hydrogens is 226 g/mol. The van der Waals surface area contributed by atoms with E-state index in [-0.39, 0.29) is 0 Å². The monoisotopic (exact) mass is 251 g/mol. The van der Waals surface area contributed by atoms with Gasteiger partial charge in [-0.05, 0) is 26.3 Å². The van der Waals surface area contributed by atoms with Gasteiger partial charge in [0.1, 0.15) is 0 Å². The van der Waals surface area contributed by atoms with E-state index in [1.54, 1.807) is 0 Å². The fourth-order valence-corrected chi connectivity index (χ4v) is 2.64. The summed E-state index contributed by atoms with van der Waals surface area (Å²) in [7, 11) is 2.16. The van der Waals surface area contributed by atoms with Crippen molar-refractivity contribution in [1.82, 2.24) is 4.90 Å². The van der Waals surface area contributed by atoms with Gasteiger partial charge in [0.05, 0.1) is 31.8 Å². The summed E-state index contributed by atoms with van der Waals surface area (Å²) in [6, 6.07) is 3.90. The largest absolute Gasteiger partial charge is 0.378 e. The molecule has 1 unspecified atom stereocenters. The van der Waals surface area contributed by atoms with Crippen molar-refractivity contribution in [3.8, 4) is 0 Å². The van der Waals surface area contributed by atoms with Gasteiger partial charge in [0.15, 0.2) is 0 Å². The molecular formula is C14H25N3O. The Morgan fingerprint density at radius 2 is 2.11 bits per heavy atom. The predicted molar refractivity (Wildman–Crippen MR) is 73.5 cm³/mol. The number of hydrogen-bond acceptors (Lipinski definition) is 4. The first-order valence-electron chi connectivity index (χ1n) is 7.25. The highest BCUT2D eigenvalue weighted by molar-refractivity contribution is 5.41. The standard InChI is InChI=1S/C14H25N3O/c1-17-9-10-18-11-14(17)7-8-15-12-16-13-5-3-2-4-6-13/h13-14H,2-11H2,1H3. The SMILES string of the molecule is CN1CCOCC1CCN=C=NC1CCCCC1. The Morgan fingerprint density at radius 1 is 1.28 bits per heavy atom. The van der Waals surface area contributed by atoms with Crippen molar-refractivity contribution in [1.29, 1.82) is 0 Å². The van der Waals surface area contributed by atoms with Crippen molar-refractivity contribution in [3.05, 3.63) is 0 Å². The maximum Gasteiger partial charge on any atom is 0.0895 e. The van der Waals surface area contributed by atoms with Gasteiger partial charge in [-0.1, -0.05) is 19.3 Å². The summed E-state index contributed by atoms with van der Waals surface area (Å²) in [6.45, 7) is 3.55. The van der Waals surface area contributed by atoms with Crippen LogP contribution in [0.3, 0.4) is 0 Å². The Morgan fingerprint density at radius 3 is 2.89 bits per heavy atom. The number of nitrogens with zero attached hydrogens (tertiary/aromatic N) is 3. The molecule has 0 aromatic rings. The summed E-state index contributed by atoms with van der Waals surface area (Å²) in [5.41, 5.74) is 0. The lowest BCUT2D eigenvalue weighted by Gasteiger charge is -2.31. The minimum atomic E-state index is 0.489. The van der Waals surface area contributed by atoms with Crippen LogP contribution in [0.2, 0.25) is 0 Å². The van der Waals surface area contributed by atoms with E-state index in [1.165, 1.54) is 32.1 Å². The van der Waals surface area contributed by atoms with E-state index in [0.29, 0.717) is 12.1 Å². The molecule has 1 atom stereocenters. The molecule has 0 aromatic carbocycles. The highest BCUT2D eigenvalue weighted by Gasteiger charge is 2.18. The maximum absolute atomic E-state index is 5.48. The lowest BCUT2D eigenvalue weighted by Crippen LogP contribution is -2.43. The molecule has 4 nitrogen and oxygen atoms in total. The normalized spacial score (nSPS) is 26.6. The quantitative estimate of drug-likeness (QED) is 0.718. The van der Waals surface area contributed by atoms with Crippen molar-refractivity contribution in [2.75, 3.05) is 33.4 Å². The molecule has 0 amide bonds. The van der Waals surface area contributed by atoms with Crippen LogP contribution >= 0.6 is 0 Å². The summed E-state index contributed by atoms with van der Waals surface area (Å²) in [5.74, 6) is 0. The van der Waals surface area contributed by atoms with Gasteiger partial charge in [-0.2, -0.15) is 0 Å². The van der Waals surface area contributed by atoms with Gasteiger partial charge >= 0.3 is 0 Å². The Kier molecular flexibility index (Phi) is 5.85. The van der Waals surface area contributed by atoms with Crippen LogP contribution in [-0.4, -0.2) is 56.3 Å². The Balaban J connectivity index is 1.65. The molecule has 2 aliphatic rings. The van der Waals surface area contributed by atoms with Crippen LogP contribution in [0.1, 0.15) is 38.5 Å². The topological polar surface area (TPSA) is 37.2 Å². The molecule has 1 heterocycles. The first kappa shape index (κ1) is 13.7. The van der Waals surface area contributed by atoms with Crippen molar-refractivity contribution < 1.29 is 4.74 Å². The lowest BCUT2D eigenvalue weighted by atomic mass is 9.96. The Bertz CT molecular complexity index is 293. The molecule has 2 fully saturated rings. The maximum atomic E-state index is 5.48. The van der Waals surface area contributed by atoms with Crippen molar-refractivity contribution in [2.45, 2.75) is 50.6 Å². The van der Waals surface area contributed by atoms with E-state index in [2.05, 4.69) is 27.9 Å². The Hall–Kier alpha value is -0.700. The molecule has 1 aliphatic carbocycles. The number of likely N-dealkylation sites (N-methyl/N-ethyl adjacent to an activating group) is 1. The molecule has 0 aromatic heterocycles. The number of rotatable bonds is 4. The van der Waals surface area contributed by atoms with E-state index in [0.717, 1.165) is 32.7 Å².